The van der Waals surface area contributed by atoms with Crippen molar-refractivity contribution < 1.29 is 19.4 Å². The van der Waals surface area contributed by atoms with E-state index in [0.717, 1.165) is 24.1 Å². The summed E-state index contributed by atoms with van der Waals surface area (Å²) in [6, 6.07) is 12.9. The average molecular weight is 366 g/mol. The van der Waals surface area contributed by atoms with Crippen molar-refractivity contribution in [2.24, 2.45) is 5.73 Å². The summed E-state index contributed by atoms with van der Waals surface area (Å²) in [7, 11) is 1.16. The van der Waals surface area contributed by atoms with E-state index in [9.17, 15) is 19.5 Å². The predicted molar refractivity (Wildman–Crippen MR) is 99.7 cm³/mol. The van der Waals surface area contributed by atoms with Crippen molar-refractivity contribution in [1.29, 1.82) is 0 Å². The number of benzene rings is 2. The average Bonchev–Trinajstić information content (AvgIpc) is 2.66. The van der Waals surface area contributed by atoms with E-state index in [2.05, 4.69) is 9.72 Å². The summed E-state index contributed by atoms with van der Waals surface area (Å²) < 4.78 is 4.64. The second-order valence-corrected chi connectivity index (χ2v) is 6.08. The van der Waals surface area contributed by atoms with Gasteiger partial charge in [-0.25, -0.2) is 4.79 Å². The number of aromatic amines is 1. The van der Waals surface area contributed by atoms with Crippen molar-refractivity contribution in [2.45, 2.75) is 12.3 Å². The number of carbonyl (C=O) groups excluding carboxylic acids is 2. The normalized spacial score (nSPS) is 11.9. The van der Waals surface area contributed by atoms with Crippen molar-refractivity contribution in [3.63, 3.8) is 0 Å². The molecule has 27 heavy (non-hydrogen) atoms. The highest BCUT2D eigenvalue weighted by Crippen LogP contribution is 2.36. The number of primary amides is 1. The van der Waals surface area contributed by atoms with Crippen LogP contribution < -0.4 is 11.3 Å². The number of H-pyrrole nitrogens is 1. The fraction of sp³-hybridized carbons (Fsp3) is 0.150. The van der Waals surface area contributed by atoms with Crippen LogP contribution in [0.4, 0.5) is 0 Å². The summed E-state index contributed by atoms with van der Waals surface area (Å²) in [5.41, 5.74) is 5.15. The molecular formula is C20H18N2O5. The molecule has 0 saturated carbocycles. The molecule has 1 atom stereocenters. The van der Waals surface area contributed by atoms with Crippen LogP contribution in [0, 0.1) is 0 Å². The molecule has 7 nitrogen and oxygen atoms in total. The van der Waals surface area contributed by atoms with E-state index in [1.807, 2.05) is 30.3 Å². The monoisotopic (exact) mass is 366 g/mol. The molecule has 0 radical (unpaired) electrons. The SMILES string of the molecule is COC(=O)c1c[nH]c(=O)c([C@H](CC(N)=O)c2cccc3ccccc23)c1O. The number of nitrogens with one attached hydrogen (secondary N) is 1. The molecule has 0 fully saturated rings. The van der Waals surface area contributed by atoms with Crippen LogP contribution in [0.3, 0.4) is 0 Å². The molecular weight excluding hydrogens is 348 g/mol. The first-order valence-electron chi connectivity index (χ1n) is 8.22. The van der Waals surface area contributed by atoms with Gasteiger partial charge in [-0.1, -0.05) is 42.5 Å². The lowest BCUT2D eigenvalue weighted by Crippen LogP contribution is -2.24. The van der Waals surface area contributed by atoms with Gasteiger partial charge in [0, 0.05) is 18.5 Å². The van der Waals surface area contributed by atoms with E-state index < -0.39 is 29.1 Å². The third-order valence-corrected chi connectivity index (χ3v) is 4.46. The minimum absolute atomic E-state index is 0.104. The van der Waals surface area contributed by atoms with E-state index in [1.54, 1.807) is 12.1 Å². The fourth-order valence-corrected chi connectivity index (χ4v) is 3.25. The minimum atomic E-state index is -0.832. The zero-order chi connectivity index (χ0) is 19.6. The second kappa shape index (κ2) is 7.33. The standard InChI is InChI=1S/C20H18N2O5/c1-27-20(26)15-10-22-19(25)17(18(15)24)14(9-16(21)23)13-8-4-6-11-5-2-3-7-12(11)13/h2-8,10,14H,9H2,1H3,(H2,21,23)(H2,22,24,25)/t14-/m1/s1. The number of nitrogens with two attached hydrogens (primary N) is 1. The summed E-state index contributed by atoms with van der Waals surface area (Å²) in [6.07, 6.45) is 0.868. The van der Waals surface area contributed by atoms with Gasteiger partial charge in [0.25, 0.3) is 5.56 Å². The van der Waals surface area contributed by atoms with Gasteiger partial charge in [0.2, 0.25) is 5.91 Å². The number of pyridine rings is 1. The van der Waals surface area contributed by atoms with Gasteiger partial charge < -0.3 is 20.6 Å². The minimum Gasteiger partial charge on any atom is -0.506 e. The third kappa shape index (κ3) is 3.39. The lowest BCUT2D eigenvalue weighted by molar-refractivity contribution is -0.118. The first-order valence-corrected chi connectivity index (χ1v) is 8.22. The maximum Gasteiger partial charge on any atom is 0.343 e. The van der Waals surface area contributed by atoms with E-state index in [0.29, 0.717) is 5.56 Å². The molecule has 2 aromatic carbocycles. The highest BCUT2D eigenvalue weighted by atomic mass is 16.5. The maximum atomic E-state index is 12.5. The number of hydrogen-bond acceptors (Lipinski definition) is 5. The molecule has 0 bridgehead atoms. The highest BCUT2D eigenvalue weighted by molar-refractivity contribution is 5.93. The summed E-state index contributed by atoms with van der Waals surface area (Å²) in [5, 5.41) is 12.3. The molecule has 0 aliphatic rings. The Labute approximate surface area is 154 Å². The van der Waals surface area contributed by atoms with Crippen LogP contribution in [0.2, 0.25) is 0 Å². The Morgan fingerprint density at radius 3 is 2.59 bits per heavy atom. The van der Waals surface area contributed by atoms with Crippen LogP contribution in [0.15, 0.2) is 53.5 Å². The molecule has 4 N–H and O–H groups in total. The Bertz CT molecular complexity index is 1080. The third-order valence-electron chi connectivity index (χ3n) is 4.46. The van der Waals surface area contributed by atoms with Gasteiger partial charge in [0.05, 0.1) is 12.7 Å². The molecule has 138 valence electrons. The lowest BCUT2D eigenvalue weighted by Gasteiger charge is -2.19. The molecule has 1 amide bonds. The molecule has 0 unspecified atom stereocenters. The Kier molecular flexibility index (Phi) is 4.94. The molecule has 1 heterocycles. The lowest BCUT2D eigenvalue weighted by atomic mass is 9.85. The number of ether oxygens (including phenoxy) is 1. The van der Waals surface area contributed by atoms with Crippen LogP contribution in [-0.4, -0.2) is 29.1 Å². The van der Waals surface area contributed by atoms with Crippen LogP contribution >= 0.6 is 0 Å². The topological polar surface area (TPSA) is 122 Å². The van der Waals surface area contributed by atoms with Crippen molar-refractivity contribution in [1.82, 2.24) is 4.98 Å². The first-order chi connectivity index (χ1) is 12.9. The smallest absolute Gasteiger partial charge is 0.343 e. The molecule has 0 spiro atoms. The quantitative estimate of drug-likeness (QED) is 0.596. The van der Waals surface area contributed by atoms with Gasteiger partial charge in [-0.15, -0.1) is 0 Å². The van der Waals surface area contributed by atoms with Crippen LogP contribution in [0.1, 0.15) is 33.8 Å². The van der Waals surface area contributed by atoms with Gasteiger partial charge in [-0.3, -0.25) is 9.59 Å². The maximum absolute atomic E-state index is 12.5. The van der Waals surface area contributed by atoms with Gasteiger partial charge >= 0.3 is 5.97 Å². The van der Waals surface area contributed by atoms with Crippen LogP contribution in [0.25, 0.3) is 10.8 Å². The number of rotatable bonds is 5. The number of amides is 1. The van der Waals surface area contributed by atoms with E-state index in [1.165, 1.54) is 0 Å². The zero-order valence-electron chi connectivity index (χ0n) is 14.6. The summed E-state index contributed by atoms with van der Waals surface area (Å²) in [5.74, 6) is -2.80. The molecule has 0 aliphatic heterocycles. The molecule has 3 aromatic rings. The summed E-state index contributed by atoms with van der Waals surface area (Å²) >= 11 is 0. The molecule has 0 saturated heterocycles. The Morgan fingerprint density at radius 1 is 1.19 bits per heavy atom. The van der Waals surface area contributed by atoms with E-state index >= 15 is 0 Å². The molecule has 3 rings (SSSR count). The molecule has 1 aromatic heterocycles. The van der Waals surface area contributed by atoms with Crippen molar-refractivity contribution in [2.75, 3.05) is 7.11 Å². The van der Waals surface area contributed by atoms with Crippen molar-refractivity contribution in [3.8, 4) is 5.75 Å². The number of carbonyl (C=O) groups is 2. The number of aromatic hydroxyl groups is 1. The number of aromatic nitrogens is 1. The first kappa shape index (κ1) is 18.2. The van der Waals surface area contributed by atoms with Gasteiger partial charge in [0.1, 0.15) is 11.3 Å². The summed E-state index contributed by atoms with van der Waals surface area (Å²) in [6.45, 7) is 0. The number of esters is 1. The predicted octanol–water partition coefficient (Wildman–Crippen LogP) is 2.03. The second-order valence-electron chi connectivity index (χ2n) is 6.08. The van der Waals surface area contributed by atoms with Crippen LogP contribution in [-0.2, 0) is 9.53 Å². The summed E-state index contributed by atoms with van der Waals surface area (Å²) in [4.78, 5) is 38.6. The van der Waals surface area contributed by atoms with Gasteiger partial charge in [0.15, 0.2) is 0 Å². The largest absolute Gasteiger partial charge is 0.506 e. The Hall–Kier alpha value is -3.61. The number of fused-ring (bicyclic) bond motifs is 1. The molecule has 0 aliphatic carbocycles. The van der Waals surface area contributed by atoms with Gasteiger partial charge in [-0.2, -0.15) is 0 Å². The zero-order valence-corrected chi connectivity index (χ0v) is 14.6. The van der Waals surface area contributed by atoms with Crippen LogP contribution in [0.5, 0.6) is 5.75 Å². The van der Waals surface area contributed by atoms with Gasteiger partial charge in [-0.05, 0) is 16.3 Å². The Balaban J connectivity index is 2.30. The van der Waals surface area contributed by atoms with E-state index in [-0.39, 0.29) is 17.5 Å². The van der Waals surface area contributed by atoms with E-state index in [4.69, 9.17) is 5.73 Å². The molecule has 7 heteroatoms. The van der Waals surface area contributed by atoms with Crippen molar-refractivity contribution >= 4 is 22.6 Å². The number of hydrogen-bond donors (Lipinski definition) is 3. The fourth-order valence-electron chi connectivity index (χ4n) is 3.25. The van der Waals surface area contributed by atoms with Crippen molar-refractivity contribution in [3.05, 3.63) is 75.7 Å². The number of methoxy groups -OCH3 is 1. The Morgan fingerprint density at radius 2 is 1.89 bits per heavy atom. The highest BCUT2D eigenvalue weighted by Gasteiger charge is 2.28.